The van der Waals surface area contributed by atoms with Crippen LogP contribution < -0.4 is 10.6 Å². The molecule has 0 fully saturated rings. The smallest absolute Gasteiger partial charge is 0.257 e. The molecule has 0 saturated carbocycles. The van der Waals surface area contributed by atoms with E-state index in [-0.39, 0.29) is 21.4 Å². The van der Waals surface area contributed by atoms with E-state index in [0.717, 1.165) is 11.3 Å². The summed E-state index contributed by atoms with van der Waals surface area (Å²) in [6, 6.07) is 10.0. The van der Waals surface area contributed by atoms with Gasteiger partial charge in [0, 0.05) is 11.1 Å². The lowest BCUT2D eigenvalue weighted by molar-refractivity contribution is 0.101. The quantitative estimate of drug-likeness (QED) is 0.748. The Morgan fingerprint density at radius 2 is 1.08 bits per heavy atom. The molecule has 3 aromatic rings. The summed E-state index contributed by atoms with van der Waals surface area (Å²) in [6.45, 7) is 0. The third-order valence-corrected chi connectivity index (χ3v) is 3.83. The van der Waals surface area contributed by atoms with Crippen LogP contribution in [0.1, 0.15) is 20.7 Å². The second-order valence-electron chi connectivity index (χ2n) is 4.83. The van der Waals surface area contributed by atoms with Gasteiger partial charge in [-0.15, -0.1) is 10.2 Å². The van der Waals surface area contributed by atoms with Crippen molar-refractivity contribution in [2.24, 2.45) is 0 Å². The number of carbonyl (C=O) groups excluding carboxylic acids is 2. The molecular weight excluding hydrogens is 350 g/mol. The van der Waals surface area contributed by atoms with Crippen molar-refractivity contribution in [3.63, 3.8) is 0 Å². The van der Waals surface area contributed by atoms with Gasteiger partial charge in [0.2, 0.25) is 10.3 Å². The Kier molecular flexibility index (Phi) is 4.75. The van der Waals surface area contributed by atoms with Gasteiger partial charge in [0.05, 0.1) is 0 Å². The zero-order valence-electron chi connectivity index (χ0n) is 12.5. The van der Waals surface area contributed by atoms with Crippen molar-refractivity contribution in [2.75, 3.05) is 10.6 Å². The maximum Gasteiger partial charge on any atom is 0.257 e. The number of aromatic nitrogens is 2. The van der Waals surface area contributed by atoms with Crippen LogP contribution in [0, 0.1) is 11.6 Å². The highest BCUT2D eigenvalue weighted by Crippen LogP contribution is 2.21. The topological polar surface area (TPSA) is 84.0 Å². The highest BCUT2D eigenvalue weighted by Gasteiger charge is 2.13. The first-order valence-electron chi connectivity index (χ1n) is 6.98. The molecule has 2 aromatic carbocycles. The second kappa shape index (κ2) is 7.14. The monoisotopic (exact) mass is 360 g/mol. The Balaban J connectivity index is 1.64. The standard InChI is InChI=1S/C16H10F2N4O2S/c17-11-5-1-9(2-6-11)13(23)19-15-21-22-16(25-15)20-14(24)10-3-7-12(18)8-4-10/h1-8H,(H,19,21,23)(H,20,22,24). The van der Waals surface area contributed by atoms with Crippen LogP contribution in [-0.4, -0.2) is 22.0 Å². The lowest BCUT2D eigenvalue weighted by atomic mass is 10.2. The fourth-order valence-corrected chi connectivity index (χ4v) is 2.50. The molecule has 2 N–H and O–H groups in total. The van der Waals surface area contributed by atoms with Gasteiger partial charge in [0.1, 0.15) is 11.6 Å². The fraction of sp³-hybridized carbons (Fsp3) is 0. The number of nitrogens with zero attached hydrogens (tertiary/aromatic N) is 2. The van der Waals surface area contributed by atoms with Crippen molar-refractivity contribution in [1.29, 1.82) is 0 Å². The first-order valence-corrected chi connectivity index (χ1v) is 7.80. The van der Waals surface area contributed by atoms with Gasteiger partial charge in [-0.2, -0.15) is 0 Å². The first kappa shape index (κ1) is 16.7. The summed E-state index contributed by atoms with van der Waals surface area (Å²) >= 11 is 0.951. The first-order chi connectivity index (χ1) is 12.0. The van der Waals surface area contributed by atoms with Crippen LogP contribution in [0.5, 0.6) is 0 Å². The van der Waals surface area contributed by atoms with Gasteiger partial charge >= 0.3 is 0 Å². The van der Waals surface area contributed by atoms with E-state index in [9.17, 15) is 18.4 Å². The number of benzene rings is 2. The summed E-state index contributed by atoms with van der Waals surface area (Å²) in [5.74, 6) is -1.85. The molecule has 0 aliphatic carbocycles. The zero-order valence-corrected chi connectivity index (χ0v) is 13.3. The van der Waals surface area contributed by atoms with Crippen molar-refractivity contribution in [3.05, 3.63) is 71.3 Å². The Bertz CT molecular complexity index is 837. The molecule has 1 aromatic heterocycles. The number of rotatable bonds is 4. The highest BCUT2D eigenvalue weighted by atomic mass is 32.1. The minimum Gasteiger partial charge on any atom is -0.296 e. The fourth-order valence-electron chi connectivity index (χ4n) is 1.87. The van der Waals surface area contributed by atoms with Gasteiger partial charge in [-0.1, -0.05) is 11.3 Å². The van der Waals surface area contributed by atoms with Gasteiger partial charge in [0.25, 0.3) is 11.8 Å². The normalized spacial score (nSPS) is 10.3. The van der Waals surface area contributed by atoms with Crippen molar-refractivity contribution in [2.45, 2.75) is 0 Å². The average molecular weight is 360 g/mol. The molecule has 0 aliphatic heterocycles. The molecule has 0 unspecified atom stereocenters. The number of nitrogens with one attached hydrogen (secondary N) is 2. The van der Waals surface area contributed by atoms with Crippen LogP contribution >= 0.6 is 11.3 Å². The Labute approximate surface area is 144 Å². The molecule has 3 rings (SSSR count). The molecule has 0 atom stereocenters. The van der Waals surface area contributed by atoms with Gasteiger partial charge < -0.3 is 0 Å². The van der Waals surface area contributed by atoms with Gasteiger partial charge in [-0.25, -0.2) is 8.78 Å². The zero-order chi connectivity index (χ0) is 17.8. The molecule has 0 radical (unpaired) electrons. The number of hydrogen-bond donors (Lipinski definition) is 2. The van der Waals surface area contributed by atoms with Crippen LogP contribution in [-0.2, 0) is 0 Å². The van der Waals surface area contributed by atoms with Gasteiger partial charge in [-0.3, -0.25) is 20.2 Å². The lowest BCUT2D eigenvalue weighted by Crippen LogP contribution is -2.11. The molecule has 126 valence electrons. The summed E-state index contributed by atoms with van der Waals surface area (Å²) in [5, 5.41) is 12.8. The number of halogens is 2. The van der Waals surface area contributed by atoms with E-state index in [1.807, 2.05) is 0 Å². The van der Waals surface area contributed by atoms with Crippen LogP contribution in [0.15, 0.2) is 48.5 Å². The average Bonchev–Trinajstić information content (AvgIpc) is 3.02. The molecule has 25 heavy (non-hydrogen) atoms. The minimum atomic E-state index is -0.479. The Hall–Kier alpha value is -3.20. The molecule has 0 saturated heterocycles. The molecule has 9 heteroatoms. The van der Waals surface area contributed by atoms with Crippen molar-refractivity contribution >= 4 is 33.4 Å². The third-order valence-electron chi connectivity index (χ3n) is 3.08. The van der Waals surface area contributed by atoms with Gasteiger partial charge in [-0.05, 0) is 48.5 Å². The van der Waals surface area contributed by atoms with Crippen LogP contribution in [0.2, 0.25) is 0 Å². The summed E-state index contributed by atoms with van der Waals surface area (Å²) < 4.78 is 25.7. The van der Waals surface area contributed by atoms with E-state index in [1.165, 1.54) is 48.5 Å². The third kappa shape index (κ3) is 4.21. The van der Waals surface area contributed by atoms with E-state index in [1.54, 1.807) is 0 Å². The Morgan fingerprint density at radius 3 is 1.44 bits per heavy atom. The molecule has 6 nitrogen and oxygen atoms in total. The van der Waals surface area contributed by atoms with E-state index >= 15 is 0 Å². The van der Waals surface area contributed by atoms with Crippen LogP contribution in [0.25, 0.3) is 0 Å². The Morgan fingerprint density at radius 1 is 0.720 bits per heavy atom. The molecule has 0 spiro atoms. The number of hydrogen-bond acceptors (Lipinski definition) is 5. The lowest BCUT2D eigenvalue weighted by Gasteiger charge is -2.01. The van der Waals surface area contributed by atoms with Crippen molar-refractivity contribution in [1.82, 2.24) is 10.2 Å². The van der Waals surface area contributed by atoms with E-state index in [0.29, 0.717) is 0 Å². The molecule has 0 aliphatic rings. The predicted octanol–water partition coefficient (Wildman–Crippen LogP) is 3.32. The van der Waals surface area contributed by atoms with E-state index < -0.39 is 23.4 Å². The largest absolute Gasteiger partial charge is 0.296 e. The minimum absolute atomic E-state index is 0.170. The second-order valence-corrected chi connectivity index (χ2v) is 5.81. The van der Waals surface area contributed by atoms with E-state index in [2.05, 4.69) is 20.8 Å². The SMILES string of the molecule is O=C(Nc1nnc(NC(=O)c2ccc(F)cc2)s1)c1ccc(F)cc1. The summed E-state index contributed by atoms with van der Waals surface area (Å²) in [5.41, 5.74) is 0.516. The number of amides is 2. The number of anilines is 2. The van der Waals surface area contributed by atoms with Crippen LogP contribution in [0.4, 0.5) is 19.0 Å². The maximum absolute atomic E-state index is 12.9. The molecule has 0 bridgehead atoms. The predicted molar refractivity (Wildman–Crippen MR) is 88.6 cm³/mol. The van der Waals surface area contributed by atoms with Crippen LogP contribution in [0.3, 0.4) is 0 Å². The molecule has 2 amide bonds. The van der Waals surface area contributed by atoms with E-state index in [4.69, 9.17) is 0 Å². The summed E-state index contributed by atoms with van der Waals surface area (Å²) in [7, 11) is 0. The highest BCUT2D eigenvalue weighted by molar-refractivity contribution is 7.19. The summed E-state index contributed by atoms with van der Waals surface area (Å²) in [6.07, 6.45) is 0. The summed E-state index contributed by atoms with van der Waals surface area (Å²) in [4.78, 5) is 24.0. The molecule has 1 heterocycles. The van der Waals surface area contributed by atoms with Gasteiger partial charge in [0.15, 0.2) is 0 Å². The molecular formula is C16H10F2N4O2S. The van der Waals surface area contributed by atoms with Crippen molar-refractivity contribution < 1.29 is 18.4 Å². The van der Waals surface area contributed by atoms with Crippen molar-refractivity contribution in [3.8, 4) is 0 Å². The number of carbonyl (C=O) groups is 2. The maximum atomic E-state index is 12.9.